The minimum atomic E-state index is -1.21. The van der Waals surface area contributed by atoms with Crippen molar-refractivity contribution in [1.82, 2.24) is 0 Å². The van der Waals surface area contributed by atoms with Crippen LogP contribution in [0.3, 0.4) is 0 Å². The first-order valence-electron chi connectivity index (χ1n) is 7.24. The van der Waals surface area contributed by atoms with Crippen molar-refractivity contribution < 1.29 is 4.57 Å². The van der Waals surface area contributed by atoms with Crippen LogP contribution in [0.5, 0.6) is 0 Å². The maximum Gasteiger partial charge on any atom is 0.354 e. The summed E-state index contributed by atoms with van der Waals surface area (Å²) in [5.74, 6) is 0. The average molecular weight is 283 g/mol. The van der Waals surface area contributed by atoms with Crippen LogP contribution in [0.25, 0.3) is 0 Å². The zero-order valence-electron chi connectivity index (χ0n) is 12.0. The highest BCUT2D eigenvalue weighted by molar-refractivity contribution is 7.46. The summed E-state index contributed by atoms with van der Waals surface area (Å²) in [4.78, 5) is 0. The van der Waals surface area contributed by atoms with Crippen LogP contribution >= 0.6 is 7.80 Å². The van der Waals surface area contributed by atoms with Gasteiger partial charge in [0.25, 0.3) is 0 Å². The fourth-order valence-electron chi connectivity index (χ4n) is 2.99. The first-order valence-corrected chi connectivity index (χ1v) is 8.63. The van der Waals surface area contributed by atoms with Crippen molar-refractivity contribution in [1.29, 1.82) is 0 Å². The van der Waals surface area contributed by atoms with Gasteiger partial charge >= 0.3 is 7.80 Å². The zero-order chi connectivity index (χ0) is 14.1. The number of hydrogen-bond donors (Lipinski definition) is 0. The molecule has 2 heteroatoms. The van der Waals surface area contributed by atoms with Crippen molar-refractivity contribution in [2.45, 2.75) is 38.0 Å². The summed E-state index contributed by atoms with van der Waals surface area (Å²) in [6, 6.07) is 17.1. The molecule has 0 N–H and O–H groups in total. The van der Waals surface area contributed by atoms with Crippen molar-refractivity contribution in [3.05, 3.63) is 70.8 Å². The van der Waals surface area contributed by atoms with Gasteiger partial charge in [0.2, 0.25) is 0 Å². The Morgan fingerprint density at radius 3 is 1.45 bits per heavy atom. The quantitative estimate of drug-likeness (QED) is 0.645. The second-order valence-electron chi connectivity index (χ2n) is 5.79. The third-order valence-electron chi connectivity index (χ3n) is 4.25. The van der Waals surface area contributed by atoms with E-state index >= 15 is 0 Å². The molecule has 2 aromatic rings. The molecule has 0 bridgehead atoms. The Kier molecular flexibility index (Phi) is 3.72. The van der Waals surface area contributed by atoms with Crippen LogP contribution in [0, 0.1) is 13.8 Å². The smallest absolute Gasteiger partial charge is 0.0734 e. The van der Waals surface area contributed by atoms with Crippen LogP contribution in [0.2, 0.25) is 0 Å². The van der Waals surface area contributed by atoms with E-state index in [1.54, 1.807) is 0 Å². The van der Waals surface area contributed by atoms with Gasteiger partial charge < -0.3 is 0 Å². The summed E-state index contributed by atoms with van der Waals surface area (Å²) in [6.45, 7) is 4.18. The Bertz CT molecular complexity index is 557. The van der Waals surface area contributed by atoms with Crippen LogP contribution in [0.15, 0.2) is 48.5 Å². The number of hydrogen-bond acceptors (Lipinski definition) is 1. The Balaban J connectivity index is 1.83. The van der Waals surface area contributed by atoms with Crippen LogP contribution in [-0.2, 0) is 4.57 Å². The molecule has 0 aliphatic carbocycles. The molecule has 20 heavy (non-hydrogen) atoms. The normalized spacial score (nSPS) is 22.2. The molecule has 0 unspecified atom stereocenters. The van der Waals surface area contributed by atoms with E-state index in [0.717, 1.165) is 12.8 Å². The van der Waals surface area contributed by atoms with Gasteiger partial charge in [0.05, 0.1) is 0 Å². The summed E-state index contributed by atoms with van der Waals surface area (Å²) in [7, 11) is -1.21. The summed E-state index contributed by atoms with van der Waals surface area (Å²) in [5, 5.41) is 0. The summed E-state index contributed by atoms with van der Waals surface area (Å²) >= 11 is 0. The lowest BCUT2D eigenvalue weighted by Crippen LogP contribution is -1.90. The second-order valence-corrected chi connectivity index (χ2v) is 7.76. The van der Waals surface area contributed by atoms with Gasteiger partial charge in [0.15, 0.2) is 11.3 Å². The molecule has 0 spiro atoms. The van der Waals surface area contributed by atoms with Crippen LogP contribution < -0.4 is 0 Å². The van der Waals surface area contributed by atoms with Crippen molar-refractivity contribution in [3.8, 4) is 0 Å². The summed E-state index contributed by atoms with van der Waals surface area (Å²) in [5.41, 5.74) is 5.47. The lowest BCUT2D eigenvalue weighted by atomic mass is 10.0. The molecule has 1 saturated heterocycles. The van der Waals surface area contributed by atoms with Crippen LogP contribution in [0.4, 0.5) is 0 Å². The van der Waals surface area contributed by atoms with Gasteiger partial charge in [-0.15, -0.1) is 0 Å². The molecule has 0 saturated carbocycles. The monoisotopic (exact) mass is 283 g/mol. The number of rotatable bonds is 2. The first kappa shape index (κ1) is 13.5. The van der Waals surface area contributed by atoms with E-state index in [2.05, 4.69) is 62.4 Å². The minimum Gasteiger partial charge on any atom is -0.0734 e. The molecule has 2 atom stereocenters. The molecule has 1 fully saturated rings. The molecule has 0 amide bonds. The SMILES string of the molecule is Cc1ccc([C@H]2CC[C@H](c3ccc(C)cc3)[P+]2=O)cc1. The molecule has 1 aliphatic rings. The Hall–Kier alpha value is -1.46. The molecule has 2 aromatic carbocycles. The van der Waals surface area contributed by atoms with Crippen molar-refractivity contribution >= 4 is 7.80 Å². The van der Waals surface area contributed by atoms with Crippen LogP contribution in [0.1, 0.15) is 46.4 Å². The molecule has 1 nitrogen and oxygen atoms in total. The Labute approximate surface area is 121 Å². The Morgan fingerprint density at radius 1 is 0.750 bits per heavy atom. The molecular weight excluding hydrogens is 263 g/mol. The maximum atomic E-state index is 12.8. The largest absolute Gasteiger partial charge is 0.354 e. The van der Waals surface area contributed by atoms with Gasteiger partial charge in [-0.3, -0.25) is 0 Å². The highest BCUT2D eigenvalue weighted by Gasteiger charge is 2.47. The molecule has 102 valence electrons. The van der Waals surface area contributed by atoms with Gasteiger partial charge in [0, 0.05) is 24.0 Å². The van der Waals surface area contributed by atoms with E-state index in [0.29, 0.717) is 0 Å². The molecular formula is C18H20OP+. The van der Waals surface area contributed by atoms with Gasteiger partial charge in [-0.1, -0.05) is 64.2 Å². The highest BCUT2D eigenvalue weighted by atomic mass is 31.1. The third-order valence-corrected chi connectivity index (χ3v) is 6.59. The fourth-order valence-corrected chi connectivity index (χ4v) is 5.17. The van der Waals surface area contributed by atoms with E-state index in [1.165, 1.54) is 22.3 Å². The van der Waals surface area contributed by atoms with Crippen LogP contribution in [-0.4, -0.2) is 0 Å². The van der Waals surface area contributed by atoms with Gasteiger partial charge in [-0.25, -0.2) is 0 Å². The van der Waals surface area contributed by atoms with Crippen molar-refractivity contribution in [2.24, 2.45) is 0 Å². The molecule has 3 rings (SSSR count). The first-order chi connectivity index (χ1) is 9.65. The van der Waals surface area contributed by atoms with Gasteiger partial charge in [-0.05, 0) is 13.8 Å². The van der Waals surface area contributed by atoms with Gasteiger partial charge in [-0.2, -0.15) is 0 Å². The van der Waals surface area contributed by atoms with E-state index in [4.69, 9.17) is 0 Å². The predicted octanol–water partition coefficient (Wildman–Crippen LogP) is 5.71. The van der Waals surface area contributed by atoms with E-state index < -0.39 is 7.80 Å². The van der Waals surface area contributed by atoms with E-state index in [1.807, 2.05) is 0 Å². The van der Waals surface area contributed by atoms with E-state index in [9.17, 15) is 4.57 Å². The second kappa shape index (κ2) is 5.50. The number of benzene rings is 2. The van der Waals surface area contributed by atoms with Crippen molar-refractivity contribution in [3.63, 3.8) is 0 Å². The third kappa shape index (κ3) is 2.55. The molecule has 1 heterocycles. The number of aryl methyl sites for hydroxylation is 2. The average Bonchev–Trinajstić information content (AvgIpc) is 2.83. The fraction of sp³-hybridized carbons (Fsp3) is 0.333. The van der Waals surface area contributed by atoms with Crippen molar-refractivity contribution in [2.75, 3.05) is 0 Å². The highest BCUT2D eigenvalue weighted by Crippen LogP contribution is 2.62. The maximum absolute atomic E-state index is 12.8. The van der Waals surface area contributed by atoms with Gasteiger partial charge in [0.1, 0.15) is 0 Å². The lowest BCUT2D eigenvalue weighted by Gasteiger charge is -2.03. The zero-order valence-corrected chi connectivity index (χ0v) is 12.9. The summed E-state index contributed by atoms with van der Waals surface area (Å²) < 4.78 is 12.8. The molecule has 0 aromatic heterocycles. The Morgan fingerprint density at radius 2 is 1.10 bits per heavy atom. The summed E-state index contributed by atoms with van der Waals surface area (Å²) in [6.07, 6.45) is 2.08. The molecule has 0 radical (unpaired) electrons. The predicted molar refractivity (Wildman–Crippen MR) is 84.7 cm³/mol. The lowest BCUT2D eigenvalue weighted by molar-refractivity contribution is 0.581. The van der Waals surface area contributed by atoms with E-state index in [-0.39, 0.29) is 11.3 Å². The molecule has 1 aliphatic heterocycles. The minimum absolute atomic E-state index is 0.233. The topological polar surface area (TPSA) is 17.1 Å². The standard InChI is InChI=1S/C18H20OP/c1-13-3-7-15(8-4-13)17-11-12-18(20(17)19)16-9-5-14(2)6-10-16/h3-10,17-18H,11-12H2,1-2H3/q+1/t17-,18-/m1/s1.